The number of carbonyl (C=O) groups is 2. The van der Waals surface area contributed by atoms with E-state index < -0.39 is 5.41 Å². The van der Waals surface area contributed by atoms with Gasteiger partial charge in [0.15, 0.2) is 5.78 Å². The Labute approximate surface area is 285 Å². The summed E-state index contributed by atoms with van der Waals surface area (Å²) in [5.41, 5.74) is -0.796. The summed E-state index contributed by atoms with van der Waals surface area (Å²) in [7, 11) is 0. The molecule has 0 aromatic rings. The Morgan fingerprint density at radius 3 is 1.76 bits per heavy atom. The van der Waals surface area contributed by atoms with Crippen molar-refractivity contribution in [2.45, 2.75) is 208 Å². The second-order valence-electron chi connectivity index (χ2n) is 16.9. The number of unbranched alkanes of at least 4 members (excludes halogenated alkanes) is 16. The lowest BCUT2D eigenvalue weighted by Gasteiger charge is -2.32. The van der Waals surface area contributed by atoms with Crippen molar-refractivity contribution in [1.82, 2.24) is 0 Å². The molecule has 4 heteroatoms. The predicted octanol–water partition coefficient (Wildman–Crippen LogP) is 12.2. The Balaban J connectivity index is 1.15. The molecule has 46 heavy (non-hydrogen) atoms. The van der Waals surface area contributed by atoms with Gasteiger partial charge in [0, 0.05) is 5.41 Å². The van der Waals surface area contributed by atoms with Gasteiger partial charge in [-0.1, -0.05) is 143 Å². The van der Waals surface area contributed by atoms with Crippen LogP contribution < -0.4 is 0 Å². The molecule has 0 aromatic heterocycles. The molecule has 6 atom stereocenters. The lowest BCUT2D eigenvalue weighted by atomic mass is 9.79. The smallest absolute Gasteiger partial charge is 0.311 e. The first-order valence-corrected chi connectivity index (χ1v) is 20.5. The Morgan fingerprint density at radius 2 is 1.17 bits per heavy atom. The lowest BCUT2D eigenvalue weighted by Crippen LogP contribution is -2.35. The van der Waals surface area contributed by atoms with Crippen LogP contribution in [0.1, 0.15) is 202 Å². The maximum Gasteiger partial charge on any atom is 0.311 e. The van der Waals surface area contributed by atoms with Crippen LogP contribution in [0, 0.1) is 34.5 Å². The van der Waals surface area contributed by atoms with Crippen LogP contribution in [0.3, 0.4) is 0 Å². The highest BCUT2D eigenvalue weighted by Gasteiger charge is 2.54. The molecule has 0 spiro atoms. The van der Waals surface area contributed by atoms with Crippen LogP contribution in [0.15, 0.2) is 0 Å². The van der Waals surface area contributed by atoms with E-state index in [0.29, 0.717) is 18.6 Å². The van der Waals surface area contributed by atoms with Crippen LogP contribution >= 0.6 is 0 Å². The van der Waals surface area contributed by atoms with Crippen LogP contribution in [0.2, 0.25) is 0 Å². The van der Waals surface area contributed by atoms with Gasteiger partial charge in [-0.3, -0.25) is 9.59 Å². The van der Waals surface area contributed by atoms with Crippen molar-refractivity contribution in [2.75, 3.05) is 13.2 Å². The first kappa shape index (κ1) is 39.5. The van der Waals surface area contributed by atoms with Gasteiger partial charge in [-0.05, 0) is 82.0 Å². The summed E-state index contributed by atoms with van der Waals surface area (Å²) >= 11 is 0. The van der Waals surface area contributed by atoms with Gasteiger partial charge in [-0.15, -0.1) is 0 Å². The second kappa shape index (κ2) is 21.2. The number of Topliss-reactive ketones (excluding diaryl/α,β-unsaturated/α-hetero) is 1. The summed E-state index contributed by atoms with van der Waals surface area (Å²) in [6, 6.07) is 0. The highest BCUT2D eigenvalue weighted by Crippen LogP contribution is 2.59. The molecule has 0 radical (unpaired) electrons. The molecule has 3 fully saturated rings. The monoisotopic (exact) mass is 645 g/mol. The summed E-state index contributed by atoms with van der Waals surface area (Å²) in [6.45, 7) is 11.4. The molecule has 6 unspecified atom stereocenters. The fourth-order valence-electron chi connectivity index (χ4n) is 9.21. The molecule has 3 aliphatic carbocycles. The Kier molecular flexibility index (Phi) is 18.3. The Morgan fingerprint density at radius 1 is 0.630 bits per heavy atom. The molecule has 0 N–H and O–H groups in total. The molecule has 2 bridgehead atoms. The minimum Gasteiger partial charge on any atom is -0.465 e. The quantitative estimate of drug-likeness (QED) is 0.0628. The van der Waals surface area contributed by atoms with Gasteiger partial charge in [0.2, 0.25) is 0 Å². The normalized spacial score (nSPS) is 25.1. The van der Waals surface area contributed by atoms with Gasteiger partial charge in [0.25, 0.3) is 0 Å². The third kappa shape index (κ3) is 12.9. The van der Waals surface area contributed by atoms with Crippen molar-refractivity contribution < 1.29 is 19.1 Å². The number of ether oxygens (including phenoxy) is 2. The van der Waals surface area contributed by atoms with Crippen molar-refractivity contribution in [1.29, 1.82) is 0 Å². The van der Waals surface area contributed by atoms with Crippen LogP contribution in [0.4, 0.5) is 0 Å². The van der Waals surface area contributed by atoms with E-state index in [1.165, 1.54) is 122 Å². The summed E-state index contributed by atoms with van der Waals surface area (Å²) in [5, 5.41) is 0. The van der Waals surface area contributed by atoms with Crippen molar-refractivity contribution >= 4 is 11.8 Å². The van der Waals surface area contributed by atoms with Crippen LogP contribution in [0.5, 0.6) is 0 Å². The van der Waals surface area contributed by atoms with Crippen molar-refractivity contribution in [2.24, 2.45) is 34.5 Å². The highest BCUT2D eigenvalue weighted by molar-refractivity contribution is 5.85. The van der Waals surface area contributed by atoms with Gasteiger partial charge in [-0.25, -0.2) is 0 Å². The predicted molar refractivity (Wildman–Crippen MR) is 193 cm³/mol. The van der Waals surface area contributed by atoms with E-state index in [2.05, 4.69) is 34.6 Å². The van der Waals surface area contributed by atoms with Crippen molar-refractivity contribution in [3.8, 4) is 0 Å². The molecule has 3 saturated carbocycles. The number of esters is 1. The van der Waals surface area contributed by atoms with Gasteiger partial charge in [-0.2, -0.15) is 0 Å². The topological polar surface area (TPSA) is 52.6 Å². The van der Waals surface area contributed by atoms with Gasteiger partial charge in [0.1, 0.15) is 6.61 Å². The SMILES string of the molecule is CCCCCCCCCCCCCCCCCCOC(=O)C(C)(CC)CCCCC(C)(C)C(=O)COC1CC2CC1C1CCCC21. The number of hydrogen-bond donors (Lipinski definition) is 0. The largest absolute Gasteiger partial charge is 0.465 e. The average Bonchev–Trinajstić information content (AvgIpc) is 3.78. The Bertz CT molecular complexity index is 851. The molecule has 3 aliphatic rings. The minimum atomic E-state index is -0.424. The van der Waals surface area contributed by atoms with Gasteiger partial charge >= 0.3 is 5.97 Å². The van der Waals surface area contributed by atoms with E-state index in [0.717, 1.165) is 62.7 Å². The zero-order valence-corrected chi connectivity index (χ0v) is 31.3. The highest BCUT2D eigenvalue weighted by atomic mass is 16.5. The molecule has 0 amide bonds. The van der Waals surface area contributed by atoms with Crippen molar-refractivity contribution in [3.05, 3.63) is 0 Å². The zero-order chi connectivity index (χ0) is 33.3. The molecular formula is C42H76O4. The Hall–Kier alpha value is -0.900. The van der Waals surface area contributed by atoms with Crippen LogP contribution in [0.25, 0.3) is 0 Å². The van der Waals surface area contributed by atoms with Crippen LogP contribution in [-0.4, -0.2) is 31.1 Å². The third-order valence-corrected chi connectivity index (χ3v) is 12.8. The molecular weight excluding hydrogens is 568 g/mol. The summed E-state index contributed by atoms with van der Waals surface area (Å²) in [6.07, 6.45) is 33.0. The van der Waals surface area contributed by atoms with E-state index in [1.54, 1.807) is 0 Å². The maximum atomic E-state index is 13.1. The van der Waals surface area contributed by atoms with E-state index in [-0.39, 0.29) is 23.8 Å². The fraction of sp³-hybridized carbons (Fsp3) is 0.952. The van der Waals surface area contributed by atoms with Gasteiger partial charge < -0.3 is 9.47 Å². The maximum absolute atomic E-state index is 13.1. The van der Waals surface area contributed by atoms with E-state index in [1.807, 2.05) is 0 Å². The first-order chi connectivity index (χ1) is 22.2. The second-order valence-corrected chi connectivity index (χ2v) is 16.9. The molecule has 4 nitrogen and oxygen atoms in total. The van der Waals surface area contributed by atoms with E-state index in [9.17, 15) is 9.59 Å². The fourth-order valence-corrected chi connectivity index (χ4v) is 9.21. The molecule has 268 valence electrons. The number of carbonyl (C=O) groups excluding carboxylic acids is 2. The third-order valence-electron chi connectivity index (χ3n) is 12.8. The standard InChI is InChI=1S/C42H76O4/c1-6-8-9-10-11-12-13-14-15-16-17-18-19-20-21-24-30-45-40(44)42(5,7-2)29-23-22-28-41(3,4)39(43)33-46-38-32-34-31-37(38)36-27-25-26-35(34)36/h34-38H,6-33H2,1-5H3. The van der Waals surface area contributed by atoms with E-state index in [4.69, 9.17) is 9.47 Å². The summed E-state index contributed by atoms with van der Waals surface area (Å²) in [5.74, 6) is 3.62. The number of rotatable bonds is 28. The summed E-state index contributed by atoms with van der Waals surface area (Å²) in [4.78, 5) is 26.1. The van der Waals surface area contributed by atoms with E-state index >= 15 is 0 Å². The molecule has 3 rings (SSSR count). The number of hydrogen-bond acceptors (Lipinski definition) is 4. The zero-order valence-electron chi connectivity index (χ0n) is 31.3. The van der Waals surface area contributed by atoms with Gasteiger partial charge in [0.05, 0.1) is 18.1 Å². The molecule has 0 heterocycles. The molecule has 0 aromatic carbocycles. The first-order valence-electron chi connectivity index (χ1n) is 20.5. The number of ketones is 1. The number of fused-ring (bicyclic) bond motifs is 5. The van der Waals surface area contributed by atoms with Crippen molar-refractivity contribution in [3.63, 3.8) is 0 Å². The minimum absolute atomic E-state index is 0.0324. The molecule has 0 saturated heterocycles. The average molecular weight is 645 g/mol. The van der Waals surface area contributed by atoms with Crippen LogP contribution in [-0.2, 0) is 19.1 Å². The summed E-state index contributed by atoms with van der Waals surface area (Å²) < 4.78 is 12.1. The molecule has 0 aliphatic heterocycles. The lowest BCUT2D eigenvalue weighted by molar-refractivity contribution is -0.156.